The molecule has 0 aromatic rings. The number of carbonyl (C=O) groups excluding carboxylic acids is 2. The van der Waals surface area contributed by atoms with E-state index in [2.05, 4.69) is 16.0 Å². The summed E-state index contributed by atoms with van der Waals surface area (Å²) in [5.41, 5.74) is -0.323. The molecule has 2 fully saturated rings. The van der Waals surface area contributed by atoms with Gasteiger partial charge < -0.3 is 16.0 Å². The maximum atomic E-state index is 12.4. The number of piperidine rings is 2. The van der Waals surface area contributed by atoms with Crippen molar-refractivity contribution in [1.29, 1.82) is 0 Å². The molecule has 5 nitrogen and oxygen atoms in total. The molecule has 0 aliphatic carbocycles. The van der Waals surface area contributed by atoms with Gasteiger partial charge in [0, 0.05) is 13.1 Å². The van der Waals surface area contributed by atoms with Gasteiger partial charge in [-0.3, -0.25) is 9.59 Å². The van der Waals surface area contributed by atoms with Gasteiger partial charge in [0.05, 0.1) is 5.41 Å². The number of nitrogens with one attached hydrogen (secondary N) is 3. The lowest BCUT2D eigenvalue weighted by molar-refractivity contribution is -0.137. The van der Waals surface area contributed by atoms with Crippen LogP contribution in [0.2, 0.25) is 0 Å². The lowest BCUT2D eigenvalue weighted by Gasteiger charge is -2.37. The highest BCUT2D eigenvalue weighted by molar-refractivity contribution is 5.90. The maximum absolute atomic E-state index is 12.4. The predicted molar refractivity (Wildman–Crippen MR) is 69.0 cm³/mol. The van der Waals surface area contributed by atoms with E-state index >= 15 is 0 Å². The van der Waals surface area contributed by atoms with Crippen molar-refractivity contribution in [2.45, 2.75) is 45.1 Å². The molecule has 2 unspecified atom stereocenters. The van der Waals surface area contributed by atoms with Crippen LogP contribution in [0.3, 0.4) is 0 Å². The van der Waals surface area contributed by atoms with Crippen molar-refractivity contribution in [2.24, 2.45) is 5.41 Å². The molecule has 0 saturated carbocycles. The molecule has 102 valence electrons. The summed E-state index contributed by atoms with van der Waals surface area (Å²) in [6.45, 7) is 4.49. The molecule has 0 aromatic heterocycles. The molecule has 2 atom stereocenters. The van der Waals surface area contributed by atoms with Crippen LogP contribution < -0.4 is 16.0 Å². The molecule has 0 aromatic carbocycles. The molecular weight excluding hydrogens is 230 g/mol. The van der Waals surface area contributed by atoms with Gasteiger partial charge in [-0.2, -0.15) is 0 Å². The lowest BCUT2D eigenvalue weighted by Crippen LogP contribution is -2.57. The van der Waals surface area contributed by atoms with Gasteiger partial charge in [0.15, 0.2) is 0 Å². The van der Waals surface area contributed by atoms with Crippen LogP contribution in [0, 0.1) is 5.41 Å². The lowest BCUT2D eigenvalue weighted by atomic mass is 9.77. The first-order valence-corrected chi connectivity index (χ1v) is 6.97. The van der Waals surface area contributed by atoms with Gasteiger partial charge >= 0.3 is 0 Å². The molecule has 2 amide bonds. The van der Waals surface area contributed by atoms with Crippen molar-refractivity contribution in [1.82, 2.24) is 16.0 Å². The molecular formula is C13H23N3O2. The van der Waals surface area contributed by atoms with Gasteiger partial charge in [0.25, 0.3) is 0 Å². The Morgan fingerprint density at radius 2 is 2.28 bits per heavy atom. The second-order valence-corrected chi connectivity index (χ2v) is 5.37. The Labute approximate surface area is 108 Å². The van der Waals surface area contributed by atoms with Crippen LogP contribution >= 0.6 is 0 Å². The van der Waals surface area contributed by atoms with E-state index in [1.165, 1.54) is 0 Å². The zero-order valence-corrected chi connectivity index (χ0v) is 11.1. The number of carbonyl (C=O) groups is 2. The Balaban J connectivity index is 1.98. The van der Waals surface area contributed by atoms with Crippen LogP contribution in [0.4, 0.5) is 0 Å². The monoisotopic (exact) mass is 253 g/mol. The van der Waals surface area contributed by atoms with E-state index in [1.807, 2.05) is 6.92 Å². The Bertz CT molecular complexity index is 324. The van der Waals surface area contributed by atoms with Crippen molar-refractivity contribution in [3.8, 4) is 0 Å². The summed E-state index contributed by atoms with van der Waals surface area (Å²) in [6, 6.07) is -0.336. The van der Waals surface area contributed by atoms with Crippen molar-refractivity contribution < 1.29 is 9.59 Å². The highest BCUT2D eigenvalue weighted by Crippen LogP contribution is 2.30. The molecule has 0 radical (unpaired) electrons. The van der Waals surface area contributed by atoms with Crippen molar-refractivity contribution in [3.63, 3.8) is 0 Å². The smallest absolute Gasteiger partial charge is 0.242 e. The number of hydrogen-bond donors (Lipinski definition) is 3. The van der Waals surface area contributed by atoms with E-state index in [1.54, 1.807) is 0 Å². The average molecular weight is 253 g/mol. The summed E-state index contributed by atoms with van der Waals surface area (Å²) < 4.78 is 0. The number of amides is 2. The van der Waals surface area contributed by atoms with E-state index in [-0.39, 0.29) is 23.3 Å². The normalized spacial score (nSPS) is 32.7. The van der Waals surface area contributed by atoms with Gasteiger partial charge in [0.1, 0.15) is 6.04 Å². The summed E-state index contributed by atoms with van der Waals surface area (Å²) in [5.74, 6) is 0.00358. The minimum Gasteiger partial charge on any atom is -0.354 e. The minimum atomic E-state index is -0.336. The van der Waals surface area contributed by atoms with E-state index in [0.717, 1.165) is 51.7 Å². The van der Waals surface area contributed by atoms with Gasteiger partial charge in [-0.25, -0.2) is 0 Å². The summed E-state index contributed by atoms with van der Waals surface area (Å²) >= 11 is 0. The van der Waals surface area contributed by atoms with Gasteiger partial charge in [-0.05, 0) is 38.6 Å². The first-order chi connectivity index (χ1) is 8.68. The molecule has 2 heterocycles. The van der Waals surface area contributed by atoms with E-state index in [9.17, 15) is 9.59 Å². The molecule has 0 bridgehead atoms. The van der Waals surface area contributed by atoms with Crippen LogP contribution in [0.5, 0.6) is 0 Å². The SMILES string of the molecule is CCC1(C(=O)NC2CCCNC2=O)CCCNC1. The molecule has 2 aliphatic heterocycles. The van der Waals surface area contributed by atoms with Crippen LogP contribution in [-0.4, -0.2) is 37.5 Å². The van der Waals surface area contributed by atoms with Crippen molar-refractivity contribution in [2.75, 3.05) is 19.6 Å². The summed E-state index contributed by atoms with van der Waals surface area (Å²) in [4.78, 5) is 24.1. The predicted octanol–water partition coefficient (Wildman–Crippen LogP) is 0.161. The zero-order chi connectivity index (χ0) is 13.0. The largest absolute Gasteiger partial charge is 0.354 e. The Morgan fingerprint density at radius 1 is 1.44 bits per heavy atom. The van der Waals surface area contributed by atoms with Gasteiger partial charge in [-0.15, -0.1) is 0 Å². The standard InChI is InChI=1S/C13H23N3O2/c1-2-13(6-4-7-14-9-13)12(18)16-10-5-3-8-15-11(10)17/h10,14H,2-9H2,1H3,(H,15,17)(H,16,18). The van der Waals surface area contributed by atoms with E-state index in [4.69, 9.17) is 0 Å². The number of hydrogen-bond acceptors (Lipinski definition) is 3. The highest BCUT2D eigenvalue weighted by Gasteiger charge is 2.39. The Kier molecular flexibility index (Phi) is 4.22. The second-order valence-electron chi connectivity index (χ2n) is 5.37. The fraction of sp³-hybridized carbons (Fsp3) is 0.846. The third-order valence-corrected chi connectivity index (χ3v) is 4.22. The fourth-order valence-electron chi connectivity index (χ4n) is 2.85. The third-order valence-electron chi connectivity index (χ3n) is 4.22. The summed E-state index contributed by atoms with van der Waals surface area (Å²) in [5, 5.41) is 9.04. The van der Waals surface area contributed by atoms with E-state index in [0.29, 0.717) is 0 Å². The molecule has 2 saturated heterocycles. The van der Waals surface area contributed by atoms with Gasteiger partial charge in [0.2, 0.25) is 11.8 Å². The fourth-order valence-corrected chi connectivity index (χ4v) is 2.85. The highest BCUT2D eigenvalue weighted by atomic mass is 16.2. The molecule has 18 heavy (non-hydrogen) atoms. The first-order valence-electron chi connectivity index (χ1n) is 6.97. The first kappa shape index (κ1) is 13.3. The van der Waals surface area contributed by atoms with Crippen LogP contribution in [0.15, 0.2) is 0 Å². The summed E-state index contributed by atoms with van der Waals surface area (Å²) in [6.07, 6.45) is 4.45. The second kappa shape index (κ2) is 5.69. The van der Waals surface area contributed by atoms with E-state index < -0.39 is 0 Å². The molecule has 2 rings (SSSR count). The Hall–Kier alpha value is -1.10. The van der Waals surface area contributed by atoms with Crippen molar-refractivity contribution in [3.05, 3.63) is 0 Å². The zero-order valence-electron chi connectivity index (χ0n) is 11.1. The molecule has 2 aliphatic rings. The molecule has 3 N–H and O–H groups in total. The van der Waals surface area contributed by atoms with Gasteiger partial charge in [-0.1, -0.05) is 6.92 Å². The quantitative estimate of drug-likeness (QED) is 0.671. The topological polar surface area (TPSA) is 70.2 Å². The minimum absolute atomic E-state index is 0.0374. The Morgan fingerprint density at radius 3 is 2.89 bits per heavy atom. The van der Waals surface area contributed by atoms with Crippen LogP contribution in [0.25, 0.3) is 0 Å². The average Bonchev–Trinajstić information content (AvgIpc) is 2.42. The van der Waals surface area contributed by atoms with Crippen LogP contribution in [-0.2, 0) is 9.59 Å². The third kappa shape index (κ3) is 2.66. The van der Waals surface area contributed by atoms with Crippen LogP contribution in [0.1, 0.15) is 39.0 Å². The molecule has 0 spiro atoms. The molecule has 5 heteroatoms. The number of rotatable bonds is 3. The summed E-state index contributed by atoms with van der Waals surface area (Å²) in [7, 11) is 0. The maximum Gasteiger partial charge on any atom is 0.242 e. The van der Waals surface area contributed by atoms with Crippen molar-refractivity contribution >= 4 is 11.8 Å².